The van der Waals surface area contributed by atoms with E-state index in [9.17, 15) is 9.59 Å². The number of anilines is 3. The van der Waals surface area contributed by atoms with Gasteiger partial charge in [-0.2, -0.15) is 5.10 Å². The minimum atomic E-state index is -0.677. The first-order valence-electron chi connectivity index (χ1n) is 12.3. The summed E-state index contributed by atoms with van der Waals surface area (Å²) in [6.45, 7) is 4.77. The van der Waals surface area contributed by atoms with Gasteiger partial charge in [0.05, 0.1) is 28.0 Å². The zero-order valence-corrected chi connectivity index (χ0v) is 22.2. The quantitative estimate of drug-likeness (QED) is 0.330. The number of nitrogens with two attached hydrogens (primary N) is 1. The highest BCUT2D eigenvalue weighted by atomic mass is 32.1. The SMILES string of the molecule is Cc1ncc(-c2ccc(C(=O)N[C@@H]3CCCN(c4cnc(C(N)=O)c(Nc5cnn(C)c5)n4)[C@@H]3C)cc2)s1. The monoisotopic (exact) mass is 531 g/mol. The van der Waals surface area contributed by atoms with Crippen molar-refractivity contribution in [3.63, 3.8) is 0 Å². The van der Waals surface area contributed by atoms with E-state index in [1.165, 1.54) is 0 Å². The Balaban J connectivity index is 1.31. The van der Waals surface area contributed by atoms with Crippen molar-refractivity contribution in [3.8, 4) is 10.4 Å². The largest absolute Gasteiger partial charge is 0.364 e. The van der Waals surface area contributed by atoms with Gasteiger partial charge in [0.2, 0.25) is 0 Å². The van der Waals surface area contributed by atoms with Crippen LogP contribution in [0.1, 0.15) is 45.6 Å². The van der Waals surface area contributed by atoms with Crippen LogP contribution in [0.15, 0.2) is 49.1 Å². The van der Waals surface area contributed by atoms with Crippen molar-refractivity contribution < 1.29 is 9.59 Å². The molecule has 0 spiro atoms. The summed E-state index contributed by atoms with van der Waals surface area (Å²) in [7, 11) is 1.79. The number of aromatic nitrogens is 5. The Kier molecular flexibility index (Phi) is 7.05. The van der Waals surface area contributed by atoms with Gasteiger partial charge in [0.25, 0.3) is 11.8 Å². The van der Waals surface area contributed by atoms with Crippen LogP contribution in [-0.2, 0) is 7.05 Å². The van der Waals surface area contributed by atoms with E-state index in [4.69, 9.17) is 5.73 Å². The molecular formula is C26H29N9O2S. The van der Waals surface area contributed by atoms with Crippen molar-refractivity contribution in [1.29, 1.82) is 0 Å². The molecule has 1 aliphatic heterocycles. The molecule has 0 saturated carbocycles. The topological polar surface area (TPSA) is 144 Å². The third-order valence-electron chi connectivity index (χ3n) is 6.61. The van der Waals surface area contributed by atoms with Crippen molar-refractivity contribution in [1.82, 2.24) is 30.0 Å². The summed E-state index contributed by atoms with van der Waals surface area (Å²) in [4.78, 5) is 41.5. The lowest BCUT2D eigenvalue weighted by Crippen LogP contribution is -2.54. The van der Waals surface area contributed by atoms with Crippen LogP contribution in [0, 0.1) is 6.92 Å². The molecule has 2 amide bonds. The number of piperidine rings is 1. The average Bonchev–Trinajstić information content (AvgIpc) is 3.52. The lowest BCUT2D eigenvalue weighted by Gasteiger charge is -2.40. The van der Waals surface area contributed by atoms with Gasteiger partial charge in [0, 0.05) is 43.6 Å². The van der Waals surface area contributed by atoms with Crippen molar-refractivity contribution in [2.75, 3.05) is 16.8 Å². The molecule has 2 atom stereocenters. The molecule has 4 heterocycles. The van der Waals surface area contributed by atoms with Crippen LogP contribution in [-0.4, -0.2) is 55.2 Å². The van der Waals surface area contributed by atoms with Gasteiger partial charge in [-0.15, -0.1) is 11.3 Å². The number of carbonyl (C=O) groups is 2. The second kappa shape index (κ2) is 10.6. The number of primary amides is 1. The molecular weight excluding hydrogens is 502 g/mol. The molecule has 0 bridgehead atoms. The van der Waals surface area contributed by atoms with Crippen LogP contribution in [0.2, 0.25) is 0 Å². The fraction of sp³-hybridized carbons (Fsp3) is 0.308. The molecule has 4 N–H and O–H groups in total. The molecule has 4 aromatic rings. The highest BCUT2D eigenvalue weighted by molar-refractivity contribution is 7.15. The van der Waals surface area contributed by atoms with Crippen molar-refractivity contribution in [2.45, 2.75) is 38.8 Å². The number of aryl methyl sites for hydroxylation is 2. The van der Waals surface area contributed by atoms with Gasteiger partial charge in [-0.1, -0.05) is 12.1 Å². The molecule has 196 valence electrons. The van der Waals surface area contributed by atoms with Gasteiger partial charge in [0.15, 0.2) is 11.5 Å². The van der Waals surface area contributed by atoms with E-state index in [1.54, 1.807) is 41.7 Å². The van der Waals surface area contributed by atoms with E-state index in [2.05, 4.69) is 42.5 Å². The number of benzene rings is 1. The van der Waals surface area contributed by atoms with Crippen LogP contribution in [0.25, 0.3) is 10.4 Å². The van der Waals surface area contributed by atoms with Crippen molar-refractivity contribution >= 4 is 40.5 Å². The van der Waals surface area contributed by atoms with Gasteiger partial charge >= 0.3 is 0 Å². The molecule has 38 heavy (non-hydrogen) atoms. The molecule has 0 unspecified atom stereocenters. The summed E-state index contributed by atoms with van der Waals surface area (Å²) in [6.07, 6.45) is 8.50. The highest BCUT2D eigenvalue weighted by Crippen LogP contribution is 2.28. The van der Waals surface area contributed by atoms with Crippen LogP contribution in [0.3, 0.4) is 0 Å². The predicted octanol–water partition coefficient (Wildman–Crippen LogP) is 3.27. The number of amides is 2. The molecule has 1 saturated heterocycles. The van der Waals surface area contributed by atoms with Crippen LogP contribution < -0.4 is 21.3 Å². The summed E-state index contributed by atoms with van der Waals surface area (Å²) >= 11 is 1.62. The normalized spacial score (nSPS) is 17.3. The molecule has 11 nitrogen and oxygen atoms in total. The lowest BCUT2D eigenvalue weighted by molar-refractivity contribution is 0.0923. The summed E-state index contributed by atoms with van der Waals surface area (Å²) in [5.74, 6) is 0.0585. The van der Waals surface area contributed by atoms with E-state index in [-0.39, 0.29) is 29.5 Å². The van der Waals surface area contributed by atoms with E-state index in [0.29, 0.717) is 17.1 Å². The summed E-state index contributed by atoms with van der Waals surface area (Å²) in [6, 6.07) is 7.45. The van der Waals surface area contributed by atoms with Gasteiger partial charge in [-0.3, -0.25) is 14.3 Å². The Labute approximate surface area is 224 Å². The van der Waals surface area contributed by atoms with Gasteiger partial charge in [-0.05, 0) is 44.4 Å². The summed E-state index contributed by atoms with van der Waals surface area (Å²) in [5, 5.41) is 11.4. The zero-order valence-electron chi connectivity index (χ0n) is 21.4. The van der Waals surface area contributed by atoms with E-state index < -0.39 is 5.91 Å². The predicted molar refractivity (Wildman–Crippen MR) is 147 cm³/mol. The maximum Gasteiger partial charge on any atom is 0.271 e. The molecule has 0 aliphatic carbocycles. The Morgan fingerprint density at radius 2 is 1.92 bits per heavy atom. The van der Waals surface area contributed by atoms with E-state index in [1.807, 2.05) is 37.4 Å². The first-order valence-corrected chi connectivity index (χ1v) is 13.1. The van der Waals surface area contributed by atoms with Crippen molar-refractivity contribution in [3.05, 3.63) is 65.3 Å². The second-order valence-corrected chi connectivity index (χ2v) is 10.5. The first-order chi connectivity index (χ1) is 18.3. The second-order valence-electron chi connectivity index (χ2n) is 9.29. The number of rotatable bonds is 7. The summed E-state index contributed by atoms with van der Waals surface area (Å²) in [5.41, 5.74) is 7.89. The summed E-state index contributed by atoms with van der Waals surface area (Å²) < 4.78 is 1.64. The van der Waals surface area contributed by atoms with E-state index in [0.717, 1.165) is 34.8 Å². The van der Waals surface area contributed by atoms with Crippen LogP contribution in [0.4, 0.5) is 17.3 Å². The Morgan fingerprint density at radius 3 is 2.58 bits per heavy atom. The fourth-order valence-corrected chi connectivity index (χ4v) is 5.38. The fourth-order valence-electron chi connectivity index (χ4n) is 4.60. The maximum absolute atomic E-state index is 13.1. The molecule has 5 rings (SSSR count). The standard InChI is InChI=1S/C26H29N9O2S/c1-15-20(32-26(37)18-8-6-17(7-9-18)21-12-28-16(2)38-21)5-4-10-35(15)22-13-29-23(24(27)36)25(33-22)31-19-11-30-34(3)14-19/h6-9,11-15,20H,4-5,10H2,1-3H3,(H2,27,36)(H,31,33)(H,32,37)/t15-,20-/m1/s1. The molecule has 0 radical (unpaired) electrons. The Hall–Kier alpha value is -4.32. The zero-order chi connectivity index (χ0) is 26.8. The molecule has 1 aromatic carbocycles. The number of thiazole rings is 1. The lowest BCUT2D eigenvalue weighted by atomic mass is 9.97. The third-order valence-corrected chi connectivity index (χ3v) is 7.57. The van der Waals surface area contributed by atoms with Gasteiger partial charge in [0.1, 0.15) is 5.82 Å². The third kappa shape index (κ3) is 5.35. The molecule has 1 aliphatic rings. The minimum Gasteiger partial charge on any atom is -0.364 e. The average molecular weight is 532 g/mol. The van der Waals surface area contributed by atoms with Crippen LogP contribution in [0.5, 0.6) is 0 Å². The molecule has 1 fully saturated rings. The first kappa shape index (κ1) is 25.3. The van der Waals surface area contributed by atoms with Gasteiger partial charge in [-0.25, -0.2) is 15.0 Å². The minimum absolute atomic E-state index is 0.0454. The molecule has 3 aromatic heterocycles. The van der Waals surface area contributed by atoms with E-state index >= 15 is 0 Å². The van der Waals surface area contributed by atoms with Crippen LogP contribution >= 0.6 is 11.3 Å². The Morgan fingerprint density at radius 1 is 1.13 bits per heavy atom. The number of nitrogens with zero attached hydrogens (tertiary/aromatic N) is 6. The van der Waals surface area contributed by atoms with Crippen molar-refractivity contribution in [2.24, 2.45) is 12.8 Å². The maximum atomic E-state index is 13.1. The Bertz CT molecular complexity index is 1460. The smallest absolute Gasteiger partial charge is 0.271 e. The highest BCUT2D eigenvalue weighted by Gasteiger charge is 2.31. The number of hydrogen-bond donors (Lipinski definition) is 3. The molecule has 12 heteroatoms. The number of nitrogens with one attached hydrogen (secondary N) is 2. The number of carbonyl (C=O) groups excluding carboxylic acids is 2. The van der Waals surface area contributed by atoms with Gasteiger partial charge < -0.3 is 21.3 Å². The number of hydrogen-bond acceptors (Lipinski definition) is 9.